The minimum atomic E-state index is 0.0696. The zero-order valence-corrected chi connectivity index (χ0v) is 16.0. The van der Waals surface area contributed by atoms with E-state index in [9.17, 15) is 4.79 Å². The molecule has 2 aromatic rings. The van der Waals surface area contributed by atoms with E-state index in [1.54, 1.807) is 13.3 Å². The molecule has 27 heavy (non-hydrogen) atoms. The first-order chi connectivity index (χ1) is 13.0. The monoisotopic (exact) mass is 367 g/mol. The number of amides is 1. The summed E-state index contributed by atoms with van der Waals surface area (Å²) in [6, 6.07) is 5.64. The second-order valence-corrected chi connectivity index (χ2v) is 6.77. The van der Waals surface area contributed by atoms with Gasteiger partial charge in [0.15, 0.2) is 0 Å². The standard InChI is InChI=1S/C20H25N5O2/c1-12-19(13(2)24-11-23-12)17-10-16(25-20(26)15-4-5-15)6-7-18(17)27-9-8-22-14(3)21/h6-7,10-11,15H,4-5,8-9H2,1-3H3,(H2,21,22)(H,25,26). The molecular weight excluding hydrogens is 342 g/mol. The number of rotatable bonds is 7. The lowest BCUT2D eigenvalue weighted by Gasteiger charge is -2.16. The molecule has 0 spiro atoms. The number of aromatic nitrogens is 2. The first kappa shape index (κ1) is 18.8. The SMILES string of the molecule is CC(N)=NCCOc1ccc(NC(=O)C2CC2)cc1-c1c(C)ncnc1C. The molecule has 7 heteroatoms. The Bertz CT molecular complexity index is 850. The number of carbonyl (C=O) groups is 1. The summed E-state index contributed by atoms with van der Waals surface area (Å²) in [6.45, 7) is 6.50. The highest BCUT2D eigenvalue weighted by Gasteiger charge is 2.29. The van der Waals surface area contributed by atoms with Gasteiger partial charge in [-0.1, -0.05) is 0 Å². The molecule has 1 aromatic heterocycles. The Morgan fingerprint density at radius 2 is 2.00 bits per heavy atom. The lowest BCUT2D eigenvalue weighted by atomic mass is 10.0. The van der Waals surface area contributed by atoms with Crippen LogP contribution in [0.25, 0.3) is 11.1 Å². The summed E-state index contributed by atoms with van der Waals surface area (Å²) in [4.78, 5) is 24.9. The highest BCUT2D eigenvalue weighted by molar-refractivity contribution is 5.95. The Balaban J connectivity index is 1.91. The molecule has 1 saturated carbocycles. The average molecular weight is 367 g/mol. The van der Waals surface area contributed by atoms with Gasteiger partial charge in [0.05, 0.1) is 12.4 Å². The van der Waals surface area contributed by atoms with Crippen molar-refractivity contribution < 1.29 is 9.53 Å². The fourth-order valence-electron chi connectivity index (χ4n) is 2.88. The van der Waals surface area contributed by atoms with Crippen LogP contribution in [0.4, 0.5) is 5.69 Å². The van der Waals surface area contributed by atoms with Crippen LogP contribution in [-0.2, 0) is 4.79 Å². The maximum absolute atomic E-state index is 12.1. The van der Waals surface area contributed by atoms with E-state index in [-0.39, 0.29) is 11.8 Å². The quantitative estimate of drug-likeness (QED) is 0.445. The second-order valence-electron chi connectivity index (χ2n) is 6.77. The van der Waals surface area contributed by atoms with E-state index < -0.39 is 0 Å². The summed E-state index contributed by atoms with van der Waals surface area (Å²) in [7, 11) is 0. The van der Waals surface area contributed by atoms with Crippen molar-refractivity contribution >= 4 is 17.4 Å². The van der Waals surface area contributed by atoms with Crippen molar-refractivity contribution in [3.8, 4) is 16.9 Å². The van der Waals surface area contributed by atoms with Gasteiger partial charge in [-0.25, -0.2) is 9.97 Å². The molecule has 1 amide bonds. The normalized spacial score (nSPS) is 14.1. The van der Waals surface area contributed by atoms with Crippen molar-refractivity contribution in [3.05, 3.63) is 35.9 Å². The molecule has 142 valence electrons. The van der Waals surface area contributed by atoms with E-state index in [1.165, 1.54) is 0 Å². The number of anilines is 1. The predicted octanol–water partition coefficient (Wildman–Crippen LogP) is 2.86. The van der Waals surface area contributed by atoms with E-state index >= 15 is 0 Å². The lowest BCUT2D eigenvalue weighted by molar-refractivity contribution is -0.117. The summed E-state index contributed by atoms with van der Waals surface area (Å²) in [6.07, 6.45) is 3.48. The van der Waals surface area contributed by atoms with Gasteiger partial charge in [0.2, 0.25) is 5.91 Å². The van der Waals surface area contributed by atoms with E-state index in [0.717, 1.165) is 41.0 Å². The molecule has 0 saturated heterocycles. The molecule has 0 atom stereocenters. The molecule has 0 unspecified atom stereocenters. The van der Waals surface area contributed by atoms with Crippen molar-refractivity contribution in [2.24, 2.45) is 16.6 Å². The molecular formula is C20H25N5O2. The Kier molecular flexibility index (Phi) is 5.69. The number of carbonyl (C=O) groups excluding carboxylic acids is 1. The van der Waals surface area contributed by atoms with Gasteiger partial charge in [-0.05, 0) is 51.8 Å². The van der Waals surface area contributed by atoms with Crippen LogP contribution in [0.3, 0.4) is 0 Å². The van der Waals surface area contributed by atoms with E-state index in [1.807, 2.05) is 32.0 Å². The molecule has 1 aliphatic rings. The number of amidine groups is 1. The number of benzene rings is 1. The number of nitrogens with one attached hydrogen (secondary N) is 1. The molecule has 3 rings (SSSR count). The summed E-state index contributed by atoms with van der Waals surface area (Å²) < 4.78 is 5.94. The van der Waals surface area contributed by atoms with E-state index in [4.69, 9.17) is 10.5 Å². The van der Waals surface area contributed by atoms with Crippen molar-refractivity contribution in [3.63, 3.8) is 0 Å². The number of hydrogen-bond donors (Lipinski definition) is 2. The molecule has 1 fully saturated rings. The molecule has 0 radical (unpaired) electrons. The number of nitrogens with two attached hydrogens (primary N) is 1. The molecule has 0 aliphatic heterocycles. The van der Waals surface area contributed by atoms with Gasteiger partial charge in [-0.3, -0.25) is 9.79 Å². The van der Waals surface area contributed by atoms with Crippen LogP contribution in [0.1, 0.15) is 31.2 Å². The van der Waals surface area contributed by atoms with E-state index in [0.29, 0.717) is 24.7 Å². The Labute approximate surface area is 159 Å². The van der Waals surface area contributed by atoms with Gasteiger partial charge < -0.3 is 15.8 Å². The minimum Gasteiger partial charge on any atom is -0.491 e. The molecule has 7 nitrogen and oxygen atoms in total. The third-order valence-corrected chi connectivity index (χ3v) is 4.40. The van der Waals surface area contributed by atoms with Crippen LogP contribution in [-0.4, -0.2) is 34.9 Å². The van der Waals surface area contributed by atoms with Gasteiger partial charge in [0, 0.05) is 34.1 Å². The molecule has 1 heterocycles. The first-order valence-electron chi connectivity index (χ1n) is 9.08. The van der Waals surface area contributed by atoms with Gasteiger partial charge in [-0.15, -0.1) is 0 Å². The first-order valence-corrected chi connectivity index (χ1v) is 9.08. The van der Waals surface area contributed by atoms with Gasteiger partial charge in [0.25, 0.3) is 0 Å². The highest BCUT2D eigenvalue weighted by atomic mass is 16.5. The second kappa shape index (κ2) is 8.16. The van der Waals surface area contributed by atoms with Crippen LogP contribution in [0.15, 0.2) is 29.5 Å². The number of nitrogens with zero attached hydrogens (tertiary/aromatic N) is 3. The van der Waals surface area contributed by atoms with Crippen LogP contribution in [0, 0.1) is 19.8 Å². The maximum atomic E-state index is 12.1. The Hall–Kier alpha value is -2.96. The highest BCUT2D eigenvalue weighted by Crippen LogP contribution is 2.36. The largest absolute Gasteiger partial charge is 0.491 e. The fourth-order valence-corrected chi connectivity index (χ4v) is 2.88. The number of hydrogen-bond acceptors (Lipinski definition) is 5. The third-order valence-electron chi connectivity index (χ3n) is 4.40. The topological polar surface area (TPSA) is 102 Å². The minimum absolute atomic E-state index is 0.0696. The Morgan fingerprint density at radius 3 is 2.63 bits per heavy atom. The van der Waals surface area contributed by atoms with Crippen LogP contribution < -0.4 is 15.8 Å². The molecule has 3 N–H and O–H groups in total. The Morgan fingerprint density at radius 1 is 1.30 bits per heavy atom. The van der Waals surface area contributed by atoms with Crippen molar-refractivity contribution in [1.82, 2.24) is 9.97 Å². The van der Waals surface area contributed by atoms with Crippen LogP contribution >= 0.6 is 0 Å². The third kappa shape index (κ3) is 4.81. The number of ether oxygens (including phenoxy) is 1. The number of aryl methyl sites for hydroxylation is 2. The van der Waals surface area contributed by atoms with Gasteiger partial charge in [0.1, 0.15) is 18.7 Å². The molecule has 0 bridgehead atoms. The average Bonchev–Trinajstić information content (AvgIpc) is 3.45. The summed E-state index contributed by atoms with van der Waals surface area (Å²) in [5.74, 6) is 1.44. The summed E-state index contributed by atoms with van der Waals surface area (Å²) >= 11 is 0. The van der Waals surface area contributed by atoms with Crippen LogP contribution in [0.5, 0.6) is 5.75 Å². The number of aliphatic imine (C=N–C) groups is 1. The zero-order chi connectivity index (χ0) is 19.4. The van der Waals surface area contributed by atoms with Crippen molar-refractivity contribution in [2.45, 2.75) is 33.6 Å². The maximum Gasteiger partial charge on any atom is 0.227 e. The van der Waals surface area contributed by atoms with Gasteiger partial charge >= 0.3 is 0 Å². The van der Waals surface area contributed by atoms with Crippen molar-refractivity contribution in [2.75, 3.05) is 18.5 Å². The van der Waals surface area contributed by atoms with Crippen molar-refractivity contribution in [1.29, 1.82) is 0 Å². The molecule has 1 aromatic carbocycles. The summed E-state index contributed by atoms with van der Waals surface area (Å²) in [5, 5.41) is 2.99. The zero-order valence-electron chi connectivity index (χ0n) is 16.0. The van der Waals surface area contributed by atoms with E-state index in [2.05, 4.69) is 20.3 Å². The smallest absolute Gasteiger partial charge is 0.227 e. The van der Waals surface area contributed by atoms with Crippen LogP contribution in [0.2, 0.25) is 0 Å². The lowest BCUT2D eigenvalue weighted by Crippen LogP contribution is -2.13. The molecule has 1 aliphatic carbocycles. The summed E-state index contributed by atoms with van der Waals surface area (Å²) in [5.41, 5.74) is 9.78. The predicted molar refractivity (Wildman–Crippen MR) is 106 cm³/mol. The van der Waals surface area contributed by atoms with Gasteiger partial charge in [-0.2, -0.15) is 0 Å². The fraction of sp³-hybridized carbons (Fsp3) is 0.400.